The Morgan fingerprint density at radius 1 is 1.06 bits per heavy atom. The predicted molar refractivity (Wildman–Crippen MR) is 123 cm³/mol. The van der Waals surface area contributed by atoms with Crippen LogP contribution in [0.5, 0.6) is 0 Å². The van der Waals surface area contributed by atoms with Crippen molar-refractivity contribution in [1.29, 1.82) is 0 Å². The fraction of sp³-hybridized carbons (Fsp3) is 0.875. The molecule has 6 nitrogen and oxygen atoms in total. The van der Waals surface area contributed by atoms with Gasteiger partial charge in [0.25, 0.3) is 0 Å². The van der Waals surface area contributed by atoms with E-state index in [9.17, 15) is 4.79 Å². The lowest BCUT2D eigenvalue weighted by Gasteiger charge is -2.59. The highest BCUT2D eigenvalue weighted by molar-refractivity contribution is 7.99. The van der Waals surface area contributed by atoms with Crippen LogP contribution in [0, 0.1) is 23.2 Å². The van der Waals surface area contributed by atoms with Gasteiger partial charge >= 0.3 is 0 Å². The second-order valence-corrected chi connectivity index (χ2v) is 12.2. The van der Waals surface area contributed by atoms with Crippen LogP contribution in [0.1, 0.15) is 83.6 Å². The third kappa shape index (κ3) is 3.89. The van der Waals surface area contributed by atoms with Crippen LogP contribution < -0.4 is 10.2 Å². The maximum atomic E-state index is 12.9. The van der Waals surface area contributed by atoms with Crippen molar-refractivity contribution in [1.82, 2.24) is 20.1 Å². The summed E-state index contributed by atoms with van der Waals surface area (Å²) in [5.41, 5.74) is 0.366. The molecule has 1 aromatic rings. The van der Waals surface area contributed by atoms with Crippen LogP contribution in [0.3, 0.4) is 0 Å². The van der Waals surface area contributed by atoms with Crippen LogP contribution in [-0.4, -0.2) is 45.6 Å². The molecule has 2 heterocycles. The first kappa shape index (κ1) is 20.4. The van der Waals surface area contributed by atoms with E-state index < -0.39 is 0 Å². The molecule has 1 atom stereocenters. The molecule has 7 heteroatoms. The molecule has 1 aromatic heterocycles. The molecular weight excluding hydrogens is 406 g/mol. The average molecular weight is 444 g/mol. The number of piperidine rings is 1. The van der Waals surface area contributed by atoms with Gasteiger partial charge in [-0.3, -0.25) is 9.36 Å². The summed E-state index contributed by atoms with van der Waals surface area (Å²) in [6.07, 6.45) is 14.6. The molecular formula is C24H37N5OS. The number of thioether (sulfide) groups is 1. The molecule has 5 saturated carbocycles. The first-order chi connectivity index (χ1) is 15.1. The fourth-order valence-corrected chi connectivity index (χ4v) is 8.42. The first-order valence-corrected chi connectivity index (χ1v) is 13.7. The average Bonchev–Trinajstić information content (AvgIpc) is 3.50. The van der Waals surface area contributed by atoms with E-state index in [1.54, 1.807) is 11.8 Å². The topological polar surface area (TPSA) is 63.1 Å². The van der Waals surface area contributed by atoms with Crippen LogP contribution in [0.4, 0.5) is 5.95 Å². The maximum Gasteiger partial charge on any atom is 0.230 e. The Morgan fingerprint density at radius 2 is 1.71 bits per heavy atom. The second-order valence-electron chi connectivity index (χ2n) is 11.3. The van der Waals surface area contributed by atoms with Crippen molar-refractivity contribution < 1.29 is 4.79 Å². The van der Waals surface area contributed by atoms with E-state index in [-0.39, 0.29) is 5.91 Å². The van der Waals surface area contributed by atoms with Gasteiger partial charge in [0, 0.05) is 25.2 Å². The summed E-state index contributed by atoms with van der Waals surface area (Å²) in [7, 11) is 0. The lowest BCUT2D eigenvalue weighted by Crippen LogP contribution is -2.56. The largest absolute Gasteiger partial charge is 0.352 e. The van der Waals surface area contributed by atoms with E-state index in [1.165, 1.54) is 70.6 Å². The number of amides is 1. The van der Waals surface area contributed by atoms with Gasteiger partial charge in [0.15, 0.2) is 5.16 Å². The summed E-state index contributed by atoms with van der Waals surface area (Å²) in [4.78, 5) is 15.3. The minimum atomic E-state index is 0.165. The zero-order valence-corrected chi connectivity index (χ0v) is 19.7. The molecule has 1 saturated heterocycles. The number of nitrogens with one attached hydrogen (secondary N) is 1. The molecule has 6 fully saturated rings. The number of nitrogens with zero attached hydrogens (tertiary/aromatic N) is 4. The van der Waals surface area contributed by atoms with Gasteiger partial charge < -0.3 is 10.2 Å². The van der Waals surface area contributed by atoms with Gasteiger partial charge in [-0.15, -0.1) is 10.2 Å². The van der Waals surface area contributed by atoms with Crippen molar-refractivity contribution in [3.8, 4) is 0 Å². The lowest BCUT2D eigenvalue weighted by molar-refractivity contribution is -0.123. The molecule has 0 spiro atoms. The van der Waals surface area contributed by atoms with E-state index in [4.69, 9.17) is 0 Å². The Morgan fingerprint density at radius 3 is 2.32 bits per heavy atom. The van der Waals surface area contributed by atoms with E-state index in [0.29, 0.717) is 23.3 Å². The van der Waals surface area contributed by atoms with Gasteiger partial charge in [0.1, 0.15) is 0 Å². The van der Waals surface area contributed by atoms with Crippen molar-refractivity contribution in [3.63, 3.8) is 0 Å². The van der Waals surface area contributed by atoms with Crippen molar-refractivity contribution >= 4 is 23.6 Å². The Kier molecular flexibility index (Phi) is 5.23. The molecule has 5 aliphatic carbocycles. The number of hydrogen-bond donors (Lipinski definition) is 1. The molecule has 4 bridgehead atoms. The monoisotopic (exact) mass is 443 g/mol. The molecule has 1 aliphatic heterocycles. The summed E-state index contributed by atoms with van der Waals surface area (Å²) in [5, 5.41) is 13.4. The number of rotatable bonds is 7. The highest BCUT2D eigenvalue weighted by Crippen LogP contribution is 2.61. The van der Waals surface area contributed by atoms with Crippen molar-refractivity contribution in [3.05, 3.63) is 0 Å². The smallest absolute Gasteiger partial charge is 0.230 e. The molecule has 1 amide bonds. The third-order valence-electron chi connectivity index (χ3n) is 8.91. The Bertz CT molecular complexity index is 793. The van der Waals surface area contributed by atoms with E-state index in [2.05, 4.69) is 31.9 Å². The summed E-state index contributed by atoms with van der Waals surface area (Å²) in [6.45, 7) is 4.44. The maximum absolute atomic E-state index is 12.9. The van der Waals surface area contributed by atoms with Crippen LogP contribution >= 0.6 is 11.8 Å². The van der Waals surface area contributed by atoms with Crippen LogP contribution in [-0.2, 0) is 4.79 Å². The Hall–Kier alpha value is -1.24. The molecule has 0 radical (unpaired) electrons. The zero-order valence-electron chi connectivity index (χ0n) is 18.9. The van der Waals surface area contributed by atoms with Crippen molar-refractivity contribution in [2.45, 2.75) is 94.8 Å². The van der Waals surface area contributed by atoms with Crippen molar-refractivity contribution in [2.75, 3.05) is 23.7 Å². The number of carbonyl (C=O) groups excluding carboxylic acids is 1. The summed E-state index contributed by atoms with van der Waals surface area (Å²) in [5.74, 6) is 4.41. The van der Waals surface area contributed by atoms with Crippen LogP contribution in [0.25, 0.3) is 0 Å². The number of hydrogen-bond acceptors (Lipinski definition) is 5. The van der Waals surface area contributed by atoms with Crippen molar-refractivity contribution in [2.24, 2.45) is 23.2 Å². The summed E-state index contributed by atoms with van der Waals surface area (Å²) >= 11 is 1.58. The minimum Gasteiger partial charge on any atom is -0.352 e. The quantitative estimate of drug-likeness (QED) is 0.632. The third-order valence-corrected chi connectivity index (χ3v) is 9.85. The number of aromatic nitrogens is 3. The molecule has 6 aliphatic rings. The standard InChI is InChI=1S/C24H37N5OS/c1-16(24-12-17-9-18(13-24)11-19(10-17)14-24)25-21(30)15-31-23-27-26-22(29(23)20-5-6-20)28-7-3-2-4-8-28/h16-20H,2-15H2,1H3,(H,25,30). The molecule has 31 heavy (non-hydrogen) atoms. The Balaban J connectivity index is 1.09. The molecule has 1 unspecified atom stereocenters. The summed E-state index contributed by atoms with van der Waals surface area (Å²) < 4.78 is 2.33. The molecule has 0 aromatic carbocycles. The zero-order chi connectivity index (χ0) is 21.0. The van der Waals surface area contributed by atoms with Gasteiger partial charge in [-0.05, 0) is 101 Å². The molecule has 7 rings (SSSR count). The van der Waals surface area contributed by atoms with Crippen LogP contribution in [0.15, 0.2) is 5.16 Å². The van der Waals surface area contributed by atoms with Gasteiger partial charge in [0.2, 0.25) is 11.9 Å². The number of anilines is 1. The van der Waals surface area contributed by atoms with E-state index >= 15 is 0 Å². The highest BCUT2D eigenvalue weighted by Gasteiger charge is 2.53. The van der Waals surface area contributed by atoms with Gasteiger partial charge in [-0.25, -0.2) is 0 Å². The van der Waals surface area contributed by atoms with Crippen LogP contribution in [0.2, 0.25) is 0 Å². The normalized spacial score (nSPS) is 35.4. The SMILES string of the molecule is CC(NC(=O)CSc1nnc(N2CCCCC2)n1C1CC1)C12CC3CC(CC(C3)C1)C2. The van der Waals surface area contributed by atoms with Gasteiger partial charge in [-0.1, -0.05) is 11.8 Å². The second kappa shape index (κ2) is 7.96. The van der Waals surface area contributed by atoms with Gasteiger partial charge in [-0.2, -0.15) is 0 Å². The number of carbonyl (C=O) groups is 1. The first-order valence-electron chi connectivity index (χ1n) is 12.7. The minimum absolute atomic E-state index is 0.165. The van der Waals surface area contributed by atoms with E-state index in [0.717, 1.165) is 41.9 Å². The Labute approximate surface area is 190 Å². The fourth-order valence-electron chi connectivity index (χ4n) is 7.60. The lowest BCUT2D eigenvalue weighted by atomic mass is 9.48. The van der Waals surface area contributed by atoms with Gasteiger partial charge in [0.05, 0.1) is 5.75 Å². The highest BCUT2D eigenvalue weighted by atomic mass is 32.2. The predicted octanol–water partition coefficient (Wildman–Crippen LogP) is 4.42. The molecule has 1 N–H and O–H groups in total. The molecule has 170 valence electrons. The van der Waals surface area contributed by atoms with E-state index in [1.807, 2.05) is 0 Å². The summed E-state index contributed by atoms with van der Waals surface area (Å²) in [6, 6.07) is 0.822.